The maximum Gasteiger partial charge on any atom is 0.333 e. The molecule has 0 radical (unpaired) electrons. The fourth-order valence-electron chi connectivity index (χ4n) is 4.89. The maximum absolute atomic E-state index is 14.4. The number of H-pyrrole nitrogens is 1. The zero-order valence-electron chi connectivity index (χ0n) is 23.9. The van der Waals surface area contributed by atoms with Gasteiger partial charge in [-0.1, -0.05) is 55.3 Å². The number of nitrogens with zero attached hydrogens (tertiary/aromatic N) is 3. The Morgan fingerprint density at radius 1 is 1.00 bits per heavy atom. The first-order valence-corrected chi connectivity index (χ1v) is 15.7. The van der Waals surface area contributed by atoms with Gasteiger partial charge in [0.05, 0.1) is 11.4 Å². The molecule has 0 atom stereocenters. The highest BCUT2D eigenvalue weighted by Crippen LogP contribution is 2.26. The van der Waals surface area contributed by atoms with Crippen molar-refractivity contribution in [3.05, 3.63) is 120 Å². The van der Waals surface area contributed by atoms with E-state index in [-0.39, 0.29) is 28.2 Å². The van der Waals surface area contributed by atoms with E-state index in [1.54, 1.807) is 68.4 Å². The van der Waals surface area contributed by atoms with E-state index in [9.17, 15) is 22.4 Å². The van der Waals surface area contributed by atoms with E-state index < -0.39 is 27.1 Å². The molecule has 0 unspecified atom stereocenters. The molecule has 0 aliphatic rings. The Kier molecular flexibility index (Phi) is 8.57. The topological polar surface area (TPSA) is 119 Å². The van der Waals surface area contributed by atoms with Crippen molar-refractivity contribution in [2.24, 2.45) is 0 Å². The fourth-order valence-corrected chi connectivity index (χ4v) is 6.48. The number of aromatic nitrogens is 4. The van der Waals surface area contributed by atoms with Crippen molar-refractivity contribution in [2.75, 3.05) is 4.72 Å². The summed E-state index contributed by atoms with van der Waals surface area (Å²) >= 11 is 6.13. The highest BCUT2D eigenvalue weighted by molar-refractivity contribution is 7.92. The number of aromatic amines is 1. The SMILES string of the molecule is CCCCn1c(=O)n(Cc2ccccc2F)c(=O)c2[nH]c(Cc3ccc(NS(=O)(=O)c4cc(C)c(Cl)cc4C)cc3)nc21. The molecule has 2 N–H and O–H groups in total. The Morgan fingerprint density at radius 3 is 2.42 bits per heavy atom. The smallest absolute Gasteiger partial charge is 0.333 e. The zero-order valence-corrected chi connectivity index (χ0v) is 25.5. The van der Waals surface area contributed by atoms with E-state index >= 15 is 0 Å². The van der Waals surface area contributed by atoms with Gasteiger partial charge in [-0.25, -0.2) is 22.6 Å². The van der Waals surface area contributed by atoms with Crippen molar-refractivity contribution >= 4 is 38.5 Å². The van der Waals surface area contributed by atoms with Gasteiger partial charge in [-0.15, -0.1) is 0 Å². The number of fused-ring (bicyclic) bond motifs is 1. The average molecular weight is 624 g/mol. The van der Waals surface area contributed by atoms with E-state index in [0.29, 0.717) is 47.0 Å². The van der Waals surface area contributed by atoms with Crippen molar-refractivity contribution in [1.82, 2.24) is 19.1 Å². The summed E-state index contributed by atoms with van der Waals surface area (Å²) in [5, 5.41) is 0.498. The molecule has 0 spiro atoms. The largest absolute Gasteiger partial charge is 0.336 e. The lowest BCUT2D eigenvalue weighted by molar-refractivity contribution is 0.553. The van der Waals surface area contributed by atoms with Crippen LogP contribution in [0.4, 0.5) is 10.1 Å². The Hall–Kier alpha value is -4.22. The molecule has 2 aromatic heterocycles. The van der Waals surface area contributed by atoms with E-state index in [4.69, 9.17) is 11.6 Å². The van der Waals surface area contributed by atoms with Gasteiger partial charge in [0.25, 0.3) is 15.6 Å². The van der Waals surface area contributed by atoms with Gasteiger partial charge in [0.15, 0.2) is 5.65 Å². The molecule has 0 saturated carbocycles. The summed E-state index contributed by atoms with van der Waals surface area (Å²) in [7, 11) is -3.84. The molecule has 2 heterocycles. The van der Waals surface area contributed by atoms with Gasteiger partial charge >= 0.3 is 5.69 Å². The highest BCUT2D eigenvalue weighted by atomic mass is 35.5. The van der Waals surface area contributed by atoms with Crippen LogP contribution in [0.3, 0.4) is 0 Å². The zero-order chi connectivity index (χ0) is 30.9. The summed E-state index contributed by atoms with van der Waals surface area (Å²) < 4.78 is 45.5. The minimum Gasteiger partial charge on any atom is -0.336 e. The molecule has 0 fully saturated rings. The van der Waals surface area contributed by atoms with Gasteiger partial charge < -0.3 is 4.98 Å². The van der Waals surface area contributed by atoms with Crippen LogP contribution >= 0.6 is 11.6 Å². The van der Waals surface area contributed by atoms with Crippen LogP contribution in [-0.4, -0.2) is 27.5 Å². The Labute approximate surface area is 253 Å². The van der Waals surface area contributed by atoms with E-state index in [1.165, 1.54) is 10.6 Å². The first-order valence-electron chi connectivity index (χ1n) is 13.8. The number of benzene rings is 3. The van der Waals surface area contributed by atoms with Gasteiger partial charge in [0, 0.05) is 29.2 Å². The summed E-state index contributed by atoms with van der Waals surface area (Å²) in [6, 6.07) is 16.0. The van der Waals surface area contributed by atoms with E-state index in [0.717, 1.165) is 16.6 Å². The second-order valence-corrected chi connectivity index (χ2v) is 12.6. The number of rotatable bonds is 10. The quantitative estimate of drug-likeness (QED) is 0.212. The second-order valence-electron chi connectivity index (χ2n) is 10.5. The Bertz CT molecular complexity index is 2050. The molecule has 224 valence electrons. The predicted molar refractivity (Wildman–Crippen MR) is 166 cm³/mol. The lowest BCUT2D eigenvalue weighted by Crippen LogP contribution is -2.40. The molecule has 43 heavy (non-hydrogen) atoms. The van der Waals surface area contributed by atoms with Crippen molar-refractivity contribution in [3.8, 4) is 0 Å². The molecule has 3 aromatic carbocycles. The van der Waals surface area contributed by atoms with Crippen LogP contribution in [0.2, 0.25) is 5.02 Å². The first-order chi connectivity index (χ1) is 20.5. The van der Waals surface area contributed by atoms with Crippen molar-refractivity contribution in [1.29, 1.82) is 0 Å². The van der Waals surface area contributed by atoms with Crippen LogP contribution in [0.25, 0.3) is 11.2 Å². The minimum absolute atomic E-state index is 0.149. The summed E-state index contributed by atoms with van der Waals surface area (Å²) in [6.45, 7) is 5.58. The van der Waals surface area contributed by atoms with Crippen LogP contribution in [0.15, 0.2) is 75.1 Å². The third-order valence-corrected chi connectivity index (χ3v) is 9.19. The third kappa shape index (κ3) is 6.28. The molecule has 9 nitrogen and oxygen atoms in total. The van der Waals surface area contributed by atoms with E-state index in [1.807, 2.05) is 6.92 Å². The number of imidazole rings is 1. The van der Waals surface area contributed by atoms with Crippen molar-refractivity contribution in [3.63, 3.8) is 0 Å². The monoisotopic (exact) mass is 623 g/mol. The normalized spacial score (nSPS) is 11.7. The molecule has 5 aromatic rings. The Balaban J connectivity index is 1.43. The molecular weight excluding hydrogens is 593 g/mol. The third-order valence-electron chi connectivity index (χ3n) is 7.26. The van der Waals surface area contributed by atoms with Crippen molar-refractivity contribution in [2.45, 2.75) is 58.0 Å². The van der Waals surface area contributed by atoms with Gasteiger partial charge in [0.1, 0.15) is 17.2 Å². The summed E-state index contributed by atoms with van der Waals surface area (Å²) in [4.78, 5) is 34.6. The highest BCUT2D eigenvalue weighted by Gasteiger charge is 2.20. The lowest BCUT2D eigenvalue weighted by atomic mass is 10.1. The summed E-state index contributed by atoms with van der Waals surface area (Å²) in [5.41, 5.74) is 1.91. The van der Waals surface area contributed by atoms with E-state index in [2.05, 4.69) is 14.7 Å². The molecule has 12 heteroatoms. The Morgan fingerprint density at radius 2 is 1.72 bits per heavy atom. The predicted octanol–water partition coefficient (Wildman–Crippen LogP) is 5.54. The van der Waals surface area contributed by atoms with Crippen LogP contribution in [0.5, 0.6) is 0 Å². The molecular formula is C31H31ClFN5O4S. The van der Waals surface area contributed by atoms with Crippen LogP contribution in [0.1, 0.15) is 47.8 Å². The van der Waals surface area contributed by atoms with Gasteiger partial charge in [-0.3, -0.25) is 18.7 Å². The number of unbranched alkanes of at least 4 members (excludes halogenated alkanes) is 1. The number of sulfonamides is 1. The lowest BCUT2D eigenvalue weighted by Gasteiger charge is -2.12. The minimum atomic E-state index is -3.84. The molecule has 5 rings (SSSR count). The molecule has 0 saturated heterocycles. The number of halogens is 2. The number of anilines is 1. The first kappa shape index (κ1) is 30.2. The maximum atomic E-state index is 14.4. The number of nitrogens with one attached hydrogen (secondary N) is 2. The van der Waals surface area contributed by atoms with Crippen molar-refractivity contribution < 1.29 is 12.8 Å². The van der Waals surface area contributed by atoms with Crippen LogP contribution in [-0.2, 0) is 29.5 Å². The van der Waals surface area contributed by atoms with Crippen LogP contribution in [0, 0.1) is 19.7 Å². The molecule has 0 amide bonds. The summed E-state index contributed by atoms with van der Waals surface area (Å²) in [6.07, 6.45) is 1.82. The van der Waals surface area contributed by atoms with Gasteiger partial charge in [-0.05, 0) is 67.3 Å². The molecule has 0 bridgehead atoms. The van der Waals surface area contributed by atoms with Gasteiger partial charge in [-0.2, -0.15) is 0 Å². The molecule has 0 aliphatic carbocycles. The summed E-state index contributed by atoms with van der Waals surface area (Å²) in [5.74, 6) is -0.0376. The standard InChI is InChI=1S/C31H31ClFN5O4S/c1-4-5-14-37-29-28(30(39)38(31(37)40)18-22-8-6-7-9-25(22)33)34-27(35-29)17-21-10-12-23(13-11-21)36-43(41,42)26-16-19(2)24(32)15-20(26)3/h6-13,15-16,36H,4-5,14,17-18H2,1-3H3,(H,34,35). The fraction of sp³-hybridized carbons (Fsp3) is 0.258. The van der Waals surface area contributed by atoms with Gasteiger partial charge in [0.2, 0.25) is 0 Å². The average Bonchev–Trinajstić information content (AvgIpc) is 3.38. The second kappa shape index (κ2) is 12.2. The molecule has 0 aliphatic heterocycles. The number of hydrogen-bond donors (Lipinski definition) is 2. The number of aryl methyl sites for hydroxylation is 3. The number of hydrogen-bond acceptors (Lipinski definition) is 5. The van der Waals surface area contributed by atoms with Crippen LogP contribution < -0.4 is 16.0 Å².